The lowest BCUT2D eigenvalue weighted by atomic mass is 9.91. The maximum absolute atomic E-state index is 5.88. The normalized spacial score (nSPS) is 28.9. The molecule has 15 heavy (non-hydrogen) atoms. The molecule has 0 unspecified atom stereocenters. The fourth-order valence-corrected chi connectivity index (χ4v) is 2.81. The molecule has 0 radical (unpaired) electrons. The molecule has 1 heterocycles. The topological polar surface area (TPSA) is 50.9 Å². The van der Waals surface area contributed by atoms with Gasteiger partial charge >= 0.3 is 0 Å². The summed E-state index contributed by atoms with van der Waals surface area (Å²) in [7, 11) is 0. The third-order valence-electron chi connectivity index (χ3n) is 3.08. The molecule has 84 valence electrons. The fraction of sp³-hybridized carbons (Fsp3) is 0.727. The predicted molar refractivity (Wildman–Crippen MR) is 63.9 cm³/mol. The van der Waals surface area contributed by atoms with Crippen LogP contribution >= 0.6 is 11.3 Å². The molecular weight excluding hydrogens is 206 g/mol. The summed E-state index contributed by atoms with van der Waals surface area (Å²) >= 11 is 1.72. The molecule has 3 nitrogen and oxygen atoms in total. The van der Waals surface area contributed by atoms with E-state index in [-0.39, 0.29) is 0 Å². The van der Waals surface area contributed by atoms with Crippen molar-refractivity contribution in [2.75, 3.05) is 0 Å². The van der Waals surface area contributed by atoms with Gasteiger partial charge < -0.3 is 11.1 Å². The SMILES string of the molecule is C[C@@H](NC1CCC(N)CC1)c1nccs1. The summed E-state index contributed by atoms with van der Waals surface area (Å²) in [5.41, 5.74) is 5.88. The zero-order valence-electron chi connectivity index (χ0n) is 9.15. The largest absolute Gasteiger partial charge is 0.328 e. The molecule has 0 spiro atoms. The van der Waals surface area contributed by atoms with E-state index < -0.39 is 0 Å². The summed E-state index contributed by atoms with van der Waals surface area (Å²) < 4.78 is 0. The minimum atomic E-state index is 0.379. The lowest BCUT2D eigenvalue weighted by Crippen LogP contribution is -2.38. The molecule has 1 atom stereocenters. The molecular formula is C11H19N3S. The van der Waals surface area contributed by atoms with Gasteiger partial charge in [0.05, 0.1) is 6.04 Å². The molecule has 4 heteroatoms. The molecule has 0 bridgehead atoms. The Morgan fingerprint density at radius 2 is 2.20 bits per heavy atom. The van der Waals surface area contributed by atoms with Crippen LogP contribution in [-0.2, 0) is 0 Å². The number of hydrogen-bond acceptors (Lipinski definition) is 4. The number of aromatic nitrogens is 1. The molecule has 1 fully saturated rings. The Kier molecular flexibility index (Phi) is 3.72. The smallest absolute Gasteiger partial charge is 0.109 e. The molecule has 1 aliphatic rings. The molecule has 0 saturated heterocycles. The van der Waals surface area contributed by atoms with E-state index in [0.717, 1.165) is 12.8 Å². The lowest BCUT2D eigenvalue weighted by molar-refractivity contribution is 0.322. The van der Waals surface area contributed by atoms with Crippen molar-refractivity contribution in [2.24, 2.45) is 5.73 Å². The quantitative estimate of drug-likeness (QED) is 0.828. The summed E-state index contributed by atoms with van der Waals surface area (Å²) in [4.78, 5) is 4.33. The summed E-state index contributed by atoms with van der Waals surface area (Å²) in [5, 5.41) is 6.85. The van der Waals surface area contributed by atoms with Crippen LogP contribution in [0.5, 0.6) is 0 Å². The number of rotatable bonds is 3. The fourth-order valence-electron chi connectivity index (χ4n) is 2.16. The third-order valence-corrected chi connectivity index (χ3v) is 4.04. The number of nitrogens with zero attached hydrogens (tertiary/aromatic N) is 1. The van der Waals surface area contributed by atoms with Crippen LogP contribution in [-0.4, -0.2) is 17.1 Å². The molecule has 0 aliphatic heterocycles. The minimum absolute atomic E-state index is 0.379. The molecule has 2 rings (SSSR count). The zero-order chi connectivity index (χ0) is 10.7. The van der Waals surface area contributed by atoms with Crippen molar-refractivity contribution in [3.05, 3.63) is 16.6 Å². The van der Waals surface area contributed by atoms with Crippen LogP contribution in [0, 0.1) is 0 Å². The minimum Gasteiger partial charge on any atom is -0.328 e. The first-order chi connectivity index (χ1) is 7.25. The van der Waals surface area contributed by atoms with Crippen LogP contribution < -0.4 is 11.1 Å². The highest BCUT2D eigenvalue weighted by Crippen LogP contribution is 2.21. The Balaban J connectivity index is 1.82. The van der Waals surface area contributed by atoms with Gasteiger partial charge in [-0.15, -0.1) is 11.3 Å². The van der Waals surface area contributed by atoms with E-state index >= 15 is 0 Å². The Morgan fingerprint density at radius 1 is 1.47 bits per heavy atom. The van der Waals surface area contributed by atoms with Crippen molar-refractivity contribution in [2.45, 2.75) is 50.7 Å². The summed E-state index contributed by atoms with van der Waals surface area (Å²) in [6, 6.07) is 1.44. The molecule has 1 saturated carbocycles. The van der Waals surface area contributed by atoms with Crippen molar-refractivity contribution in [3.8, 4) is 0 Å². The Hall–Kier alpha value is -0.450. The number of nitrogens with two attached hydrogens (primary N) is 1. The second-order valence-electron chi connectivity index (χ2n) is 4.37. The zero-order valence-corrected chi connectivity index (χ0v) is 9.96. The Morgan fingerprint density at radius 3 is 2.80 bits per heavy atom. The maximum Gasteiger partial charge on any atom is 0.109 e. The number of thiazole rings is 1. The van der Waals surface area contributed by atoms with Crippen LogP contribution in [0.25, 0.3) is 0 Å². The van der Waals surface area contributed by atoms with E-state index in [9.17, 15) is 0 Å². The van der Waals surface area contributed by atoms with Crippen LogP contribution in [0.4, 0.5) is 0 Å². The average molecular weight is 225 g/mol. The van der Waals surface area contributed by atoms with Gasteiger partial charge in [-0.2, -0.15) is 0 Å². The molecule has 0 aromatic carbocycles. The van der Waals surface area contributed by atoms with Gasteiger partial charge in [0, 0.05) is 23.7 Å². The van der Waals surface area contributed by atoms with Crippen molar-refractivity contribution in [3.63, 3.8) is 0 Å². The predicted octanol–water partition coefficient (Wildman–Crippen LogP) is 2.06. The van der Waals surface area contributed by atoms with E-state index in [1.54, 1.807) is 11.3 Å². The second kappa shape index (κ2) is 5.05. The molecule has 3 N–H and O–H groups in total. The van der Waals surface area contributed by atoms with Crippen LogP contribution in [0.3, 0.4) is 0 Å². The summed E-state index contributed by atoms with van der Waals surface area (Å²) in [6.07, 6.45) is 6.59. The summed E-state index contributed by atoms with van der Waals surface area (Å²) in [6.45, 7) is 2.19. The maximum atomic E-state index is 5.88. The van der Waals surface area contributed by atoms with E-state index in [4.69, 9.17) is 5.73 Å². The number of nitrogens with one attached hydrogen (secondary N) is 1. The van der Waals surface area contributed by atoms with Crippen molar-refractivity contribution in [1.29, 1.82) is 0 Å². The monoisotopic (exact) mass is 225 g/mol. The van der Waals surface area contributed by atoms with Gasteiger partial charge in [-0.1, -0.05) is 0 Å². The molecule has 1 aromatic rings. The van der Waals surface area contributed by atoms with Gasteiger partial charge in [0.25, 0.3) is 0 Å². The Labute approximate surface area is 95.1 Å². The van der Waals surface area contributed by atoms with Crippen LogP contribution in [0.1, 0.15) is 43.7 Å². The van der Waals surface area contributed by atoms with Gasteiger partial charge in [-0.25, -0.2) is 4.98 Å². The van der Waals surface area contributed by atoms with Crippen LogP contribution in [0.2, 0.25) is 0 Å². The first kappa shape index (κ1) is 11.0. The van der Waals surface area contributed by atoms with Gasteiger partial charge in [0.1, 0.15) is 5.01 Å². The highest BCUT2D eigenvalue weighted by Gasteiger charge is 2.20. The highest BCUT2D eigenvalue weighted by atomic mass is 32.1. The van der Waals surface area contributed by atoms with Gasteiger partial charge in [0.2, 0.25) is 0 Å². The van der Waals surface area contributed by atoms with Crippen molar-refractivity contribution < 1.29 is 0 Å². The summed E-state index contributed by atoms with van der Waals surface area (Å²) in [5.74, 6) is 0. The standard InChI is InChI=1S/C11H19N3S/c1-8(11-13-6-7-15-11)14-10-4-2-9(12)3-5-10/h6-10,14H,2-5,12H2,1H3/t8-,9?,10?/m1/s1. The van der Waals surface area contributed by atoms with Crippen molar-refractivity contribution in [1.82, 2.24) is 10.3 Å². The van der Waals surface area contributed by atoms with Gasteiger partial charge in [-0.3, -0.25) is 0 Å². The first-order valence-electron chi connectivity index (χ1n) is 5.66. The van der Waals surface area contributed by atoms with E-state index in [1.165, 1.54) is 17.8 Å². The molecule has 1 aromatic heterocycles. The second-order valence-corrected chi connectivity index (χ2v) is 5.30. The van der Waals surface area contributed by atoms with E-state index in [2.05, 4.69) is 17.2 Å². The highest BCUT2D eigenvalue weighted by molar-refractivity contribution is 7.09. The number of hydrogen-bond donors (Lipinski definition) is 2. The Bertz CT molecular complexity index is 278. The lowest BCUT2D eigenvalue weighted by Gasteiger charge is -2.28. The van der Waals surface area contributed by atoms with E-state index in [0.29, 0.717) is 18.1 Å². The van der Waals surface area contributed by atoms with Crippen LogP contribution in [0.15, 0.2) is 11.6 Å². The third kappa shape index (κ3) is 3.00. The average Bonchev–Trinajstić information content (AvgIpc) is 2.74. The first-order valence-corrected chi connectivity index (χ1v) is 6.54. The molecule has 1 aliphatic carbocycles. The van der Waals surface area contributed by atoms with Gasteiger partial charge in [0.15, 0.2) is 0 Å². The van der Waals surface area contributed by atoms with Crippen molar-refractivity contribution >= 4 is 11.3 Å². The van der Waals surface area contributed by atoms with Gasteiger partial charge in [-0.05, 0) is 32.6 Å². The molecule has 0 amide bonds. The van der Waals surface area contributed by atoms with E-state index in [1.807, 2.05) is 11.6 Å².